The van der Waals surface area contributed by atoms with Crippen LogP contribution in [-0.4, -0.2) is 193 Å². The van der Waals surface area contributed by atoms with E-state index >= 15 is 0 Å². The Labute approximate surface area is 622 Å². The number of nitrogens with one attached hydrogen (secondary N) is 4. The minimum Gasteiger partial charge on any atom is -0.445 e. The van der Waals surface area contributed by atoms with Crippen molar-refractivity contribution in [3.05, 3.63) is 191 Å². The summed E-state index contributed by atoms with van der Waals surface area (Å²) in [6.07, 6.45) is 3.77. The van der Waals surface area contributed by atoms with Crippen LogP contribution in [0.4, 0.5) is 19.2 Å². The molecule has 0 radical (unpaired) electrons. The largest absolute Gasteiger partial charge is 0.445 e. The summed E-state index contributed by atoms with van der Waals surface area (Å²) in [7, 11) is 0. The third kappa shape index (κ3) is 23.3. The fraction of sp³-hybridized carbons (Fsp3) is 0.421. The van der Waals surface area contributed by atoms with Crippen LogP contribution in [0.15, 0.2) is 168 Å². The molecule has 0 aliphatic carbocycles. The first-order valence-electron chi connectivity index (χ1n) is 35.6. The molecular weight excluding hydrogens is 1410 g/mol. The second-order valence-corrected chi connectivity index (χ2v) is 24.8. The van der Waals surface area contributed by atoms with Crippen LogP contribution in [0.2, 0.25) is 0 Å². The molecule has 12 rings (SSSR count). The number of hydrogen-bond donors (Lipinski definition) is 4. The summed E-state index contributed by atoms with van der Waals surface area (Å²) in [6, 6.07) is 34.7. The Balaban J connectivity index is 0.000000166. The fourth-order valence-electron chi connectivity index (χ4n) is 12.2. The van der Waals surface area contributed by atoms with Gasteiger partial charge in [-0.25, -0.2) is 38.4 Å². The van der Waals surface area contributed by atoms with Crippen molar-refractivity contribution < 1.29 is 114 Å². The number of carbonyl (C=O) groups is 12. The monoisotopic (exact) mass is 1500 g/mol. The topological polar surface area (TPSA) is 377 Å². The Morgan fingerprint density at radius 3 is 0.704 bits per heavy atom. The maximum absolute atomic E-state index is 12.6. The lowest BCUT2D eigenvalue weighted by atomic mass is 10.2. The highest BCUT2D eigenvalue weighted by molar-refractivity contribution is 5.94. The molecule has 0 saturated carbocycles. The minimum absolute atomic E-state index is 0.143. The molecule has 32 heteroatoms. The quantitative estimate of drug-likeness (QED) is 0.0412. The molecule has 4 aromatic carbocycles. The molecule has 2 unspecified atom stereocenters. The molecule has 8 aliphatic rings. The number of hydrogen-bond acceptors (Lipinski definition) is 24. The number of rotatable bonds is 24. The van der Waals surface area contributed by atoms with Crippen LogP contribution < -0.4 is 21.3 Å². The lowest BCUT2D eigenvalue weighted by molar-refractivity contribution is -0.160. The average molecular weight is 1500 g/mol. The molecule has 4 fully saturated rings. The highest BCUT2D eigenvalue weighted by atomic mass is 16.7. The molecule has 0 bridgehead atoms. The predicted octanol–water partition coefficient (Wildman–Crippen LogP) is 6.83. The van der Waals surface area contributed by atoms with Gasteiger partial charge in [-0.05, 0) is 101 Å². The number of nitrogens with zero attached hydrogens (tertiary/aromatic N) is 4. The van der Waals surface area contributed by atoms with Crippen LogP contribution in [0.1, 0.15) is 101 Å². The Morgan fingerprint density at radius 2 is 0.519 bits per heavy atom. The van der Waals surface area contributed by atoms with Crippen molar-refractivity contribution in [2.75, 3.05) is 52.6 Å². The summed E-state index contributed by atoms with van der Waals surface area (Å²) >= 11 is 0. The summed E-state index contributed by atoms with van der Waals surface area (Å²) in [6.45, 7) is 10.7. The second kappa shape index (κ2) is 40.9. The van der Waals surface area contributed by atoms with Gasteiger partial charge in [-0.2, -0.15) is 0 Å². The Hall–Kier alpha value is -11.5. The van der Waals surface area contributed by atoms with Gasteiger partial charge in [0.05, 0.1) is 22.8 Å². The lowest BCUT2D eigenvalue weighted by Gasteiger charge is -2.24. The number of carbonyl (C=O) groups excluding carboxylic acids is 12. The molecule has 8 amide bonds. The average Bonchev–Trinajstić information content (AvgIpc) is 1.67. The smallest absolute Gasteiger partial charge is 0.410 e. The number of amides is 8. The standard InChI is InChI=1S/4C19H22N2O6/c4*1-2-25-18-14(11-16(22)27-18)20-17(23)15-9-6-10-21(15)19(24)26-12-13-7-4-3-5-8-13/h4*3-5,7-8,11,15,18H,2,6,9-10,12H2,1H3,(H,20,23)/t2*15-,18?;15-,18+;15-,18-/m1001/s1. The molecule has 108 heavy (non-hydrogen) atoms. The van der Waals surface area contributed by atoms with E-state index in [0.717, 1.165) is 22.3 Å². The summed E-state index contributed by atoms with van der Waals surface area (Å²) in [4.78, 5) is 151. The zero-order valence-electron chi connectivity index (χ0n) is 60.2. The van der Waals surface area contributed by atoms with Gasteiger partial charge in [-0.3, -0.25) is 38.8 Å². The maximum Gasteiger partial charge on any atom is 0.410 e. The van der Waals surface area contributed by atoms with Crippen molar-refractivity contribution >= 4 is 71.9 Å². The van der Waals surface area contributed by atoms with E-state index < -0.39 is 121 Å². The lowest BCUT2D eigenvalue weighted by Crippen LogP contribution is -2.46. The molecule has 0 spiro atoms. The Morgan fingerprint density at radius 1 is 0.324 bits per heavy atom. The van der Waals surface area contributed by atoms with E-state index in [1.807, 2.05) is 121 Å². The van der Waals surface area contributed by atoms with Gasteiger partial charge in [0.1, 0.15) is 50.6 Å². The van der Waals surface area contributed by atoms with Crippen LogP contribution in [-0.2, 0) is 122 Å². The summed E-state index contributed by atoms with van der Waals surface area (Å²) in [5.74, 6) is -3.86. The number of cyclic esters (lactones) is 4. The molecule has 8 aliphatic heterocycles. The number of esters is 4. The van der Waals surface area contributed by atoms with E-state index in [1.165, 1.54) is 43.9 Å². The highest BCUT2D eigenvalue weighted by Gasteiger charge is 2.42. The number of benzene rings is 4. The van der Waals surface area contributed by atoms with Gasteiger partial charge in [0.15, 0.2) is 0 Å². The first-order valence-corrected chi connectivity index (χ1v) is 35.6. The van der Waals surface area contributed by atoms with Gasteiger partial charge in [0.2, 0.25) is 48.8 Å². The fourth-order valence-corrected chi connectivity index (χ4v) is 12.2. The number of ether oxygens (including phenoxy) is 12. The Bertz CT molecular complexity index is 3430. The van der Waals surface area contributed by atoms with Crippen molar-refractivity contribution in [2.45, 2.75) is 155 Å². The van der Waals surface area contributed by atoms with E-state index in [0.29, 0.717) is 104 Å². The van der Waals surface area contributed by atoms with Crippen LogP contribution >= 0.6 is 0 Å². The Kier molecular flexibility index (Phi) is 30.5. The third-order valence-corrected chi connectivity index (χ3v) is 17.3. The molecule has 4 aromatic rings. The molecule has 576 valence electrons. The van der Waals surface area contributed by atoms with E-state index in [2.05, 4.69) is 21.3 Å². The maximum atomic E-state index is 12.6. The van der Waals surface area contributed by atoms with Crippen LogP contribution in [0.25, 0.3) is 0 Å². The van der Waals surface area contributed by atoms with Gasteiger partial charge in [0.25, 0.3) is 0 Å². The predicted molar refractivity (Wildman–Crippen MR) is 376 cm³/mol. The van der Waals surface area contributed by atoms with Gasteiger partial charge in [-0.1, -0.05) is 121 Å². The van der Waals surface area contributed by atoms with Gasteiger partial charge >= 0.3 is 48.3 Å². The molecule has 4 N–H and O–H groups in total. The van der Waals surface area contributed by atoms with Gasteiger partial charge in [-0.15, -0.1) is 0 Å². The van der Waals surface area contributed by atoms with Crippen molar-refractivity contribution in [1.82, 2.24) is 40.9 Å². The zero-order chi connectivity index (χ0) is 76.9. The van der Waals surface area contributed by atoms with E-state index in [-0.39, 0.29) is 49.2 Å². The van der Waals surface area contributed by atoms with Crippen molar-refractivity contribution in [2.24, 2.45) is 0 Å². The van der Waals surface area contributed by atoms with Gasteiger partial charge < -0.3 is 78.1 Å². The first-order chi connectivity index (χ1) is 52.3. The van der Waals surface area contributed by atoms with Crippen LogP contribution in [0, 0.1) is 0 Å². The van der Waals surface area contributed by atoms with Crippen molar-refractivity contribution in [3.8, 4) is 0 Å². The molecule has 4 saturated heterocycles. The molecule has 32 nitrogen and oxygen atoms in total. The molecule has 8 heterocycles. The van der Waals surface area contributed by atoms with Crippen LogP contribution in [0.3, 0.4) is 0 Å². The van der Waals surface area contributed by atoms with Crippen molar-refractivity contribution in [3.63, 3.8) is 0 Å². The zero-order valence-corrected chi connectivity index (χ0v) is 60.2. The summed E-state index contributed by atoms with van der Waals surface area (Å²) < 4.78 is 62.3. The van der Waals surface area contributed by atoms with Crippen LogP contribution in [0.5, 0.6) is 0 Å². The number of likely N-dealkylation sites (tertiary alicyclic amines) is 4. The minimum atomic E-state index is -0.925. The van der Waals surface area contributed by atoms with E-state index in [4.69, 9.17) is 56.8 Å². The normalized spacial score (nSPS) is 21.6. The molecular formula is C76H88N8O24. The first kappa shape index (κ1) is 80.6. The SMILES string of the molecule is CCOC1OC(=O)C=C1NC(=O)[C@@H]1CCCN1C(=O)OCc1ccccc1.CCOC1OC(=O)C=C1NC(=O)[C@H]1CCCN1C(=O)OCc1ccccc1.CCO[C@@H]1OC(=O)C=C1NC(=O)[C@@H]1CCCN1C(=O)OCc1ccccc1.CCO[C@@H]1OC(=O)C=C1NC(=O)[C@H]1CCCN1C(=O)OCc1ccccc1. The molecule has 8 atom stereocenters. The van der Waals surface area contributed by atoms with Crippen molar-refractivity contribution in [1.29, 1.82) is 0 Å². The summed E-state index contributed by atoms with van der Waals surface area (Å²) in [5.41, 5.74) is 4.48. The highest BCUT2D eigenvalue weighted by Crippen LogP contribution is 2.27. The molecule has 0 aromatic heterocycles. The second-order valence-electron chi connectivity index (χ2n) is 24.8. The van der Waals surface area contributed by atoms with E-state index in [1.54, 1.807) is 27.7 Å². The van der Waals surface area contributed by atoms with Gasteiger partial charge in [0, 0.05) is 76.9 Å². The summed E-state index contributed by atoms with van der Waals surface area (Å²) in [5, 5.41) is 10.6. The van der Waals surface area contributed by atoms with E-state index in [9.17, 15) is 57.5 Å². The third-order valence-electron chi connectivity index (χ3n) is 17.3.